The second kappa shape index (κ2) is 20.9. The lowest BCUT2D eigenvalue weighted by molar-refractivity contribution is -0.122. The van der Waals surface area contributed by atoms with Crippen LogP contribution in [0.3, 0.4) is 0 Å². The summed E-state index contributed by atoms with van der Waals surface area (Å²) < 4.78 is 4.53. The quantitative estimate of drug-likeness (QED) is 0.282. The van der Waals surface area contributed by atoms with Crippen LogP contribution >= 0.6 is 0 Å². The summed E-state index contributed by atoms with van der Waals surface area (Å²) in [5, 5.41) is 6.89. The van der Waals surface area contributed by atoms with Crippen molar-refractivity contribution >= 4 is 27.4 Å². The predicted molar refractivity (Wildman–Crippen MR) is 29.7 cm³/mol. The molecular formula is CH8O3Si2. The third-order valence-electron chi connectivity index (χ3n) is 0. The average molecular weight is 124 g/mol. The zero-order valence-electron chi connectivity index (χ0n) is 3.84. The van der Waals surface area contributed by atoms with Crippen molar-refractivity contribution in [1.82, 2.24) is 0 Å². The van der Waals surface area contributed by atoms with Crippen molar-refractivity contribution in [3.8, 4) is 0 Å². The summed E-state index contributed by atoms with van der Waals surface area (Å²) in [7, 11) is 1.86. The molecule has 0 spiro atoms. The number of carboxylic acid groups (broad SMARTS) is 1. The summed E-state index contributed by atoms with van der Waals surface area (Å²) in [6, 6.07) is 0. The Hall–Kier alpha value is -0.136. The molecule has 0 aromatic carbocycles. The molecule has 3 nitrogen and oxygen atoms in total. The van der Waals surface area contributed by atoms with E-state index < -0.39 is 0 Å². The SMILES string of the molecule is O=CO.[SiH3]O[SiH3]. The van der Waals surface area contributed by atoms with E-state index in [-0.39, 0.29) is 6.47 Å². The van der Waals surface area contributed by atoms with Gasteiger partial charge in [0, 0.05) is 0 Å². The monoisotopic (exact) mass is 124 g/mol. The Morgan fingerprint density at radius 1 is 1.67 bits per heavy atom. The van der Waals surface area contributed by atoms with Gasteiger partial charge < -0.3 is 9.22 Å². The highest BCUT2D eigenvalue weighted by Gasteiger charge is 1.28. The van der Waals surface area contributed by atoms with E-state index in [0.29, 0.717) is 0 Å². The topological polar surface area (TPSA) is 46.5 Å². The summed E-state index contributed by atoms with van der Waals surface area (Å²) in [4.78, 5) is 8.36. The lowest BCUT2D eigenvalue weighted by Crippen LogP contribution is -1.65. The molecule has 1 N–H and O–H groups in total. The van der Waals surface area contributed by atoms with Crippen LogP contribution in [0.15, 0.2) is 0 Å². The van der Waals surface area contributed by atoms with Gasteiger partial charge in [-0.25, -0.2) is 0 Å². The predicted octanol–water partition coefficient (Wildman–Crippen LogP) is -2.74. The van der Waals surface area contributed by atoms with Crippen molar-refractivity contribution in [2.24, 2.45) is 0 Å². The molecule has 0 heterocycles. The Balaban J connectivity index is 0. The van der Waals surface area contributed by atoms with Gasteiger partial charge >= 0.3 is 0 Å². The van der Waals surface area contributed by atoms with Gasteiger partial charge in [-0.05, 0) is 0 Å². The summed E-state index contributed by atoms with van der Waals surface area (Å²) in [6.07, 6.45) is 0. The van der Waals surface area contributed by atoms with Gasteiger partial charge in [-0.3, -0.25) is 4.79 Å². The smallest absolute Gasteiger partial charge is 0.290 e. The molecule has 0 radical (unpaired) electrons. The van der Waals surface area contributed by atoms with Crippen LogP contribution in [0.2, 0.25) is 0 Å². The normalized spacial score (nSPS) is 6.00. The maximum Gasteiger partial charge on any atom is 0.290 e. The molecule has 38 valence electrons. The van der Waals surface area contributed by atoms with E-state index >= 15 is 0 Å². The highest BCUT2D eigenvalue weighted by Crippen LogP contribution is 1.20. The van der Waals surface area contributed by atoms with Crippen molar-refractivity contribution in [2.75, 3.05) is 0 Å². The first kappa shape index (κ1) is 9.29. The molecule has 0 atom stereocenters. The first-order valence-electron chi connectivity index (χ1n) is 1.31. The van der Waals surface area contributed by atoms with E-state index in [4.69, 9.17) is 9.90 Å². The zero-order chi connectivity index (χ0) is 5.41. The van der Waals surface area contributed by atoms with Gasteiger partial charge in [-0.15, -0.1) is 0 Å². The van der Waals surface area contributed by atoms with E-state index in [1.807, 2.05) is 0 Å². The van der Waals surface area contributed by atoms with Crippen LogP contribution in [0.4, 0.5) is 0 Å². The Morgan fingerprint density at radius 3 is 1.67 bits per heavy atom. The maximum atomic E-state index is 8.36. The average Bonchev–Trinajstić information content (AvgIpc) is 1.39. The fourth-order valence-corrected chi connectivity index (χ4v) is 0. The summed E-state index contributed by atoms with van der Waals surface area (Å²) >= 11 is 0. The molecule has 0 unspecified atom stereocenters. The van der Waals surface area contributed by atoms with E-state index in [1.54, 1.807) is 0 Å². The molecule has 0 aliphatic rings. The molecule has 0 aliphatic carbocycles. The molecule has 0 aliphatic heterocycles. The Labute approximate surface area is 42.4 Å². The van der Waals surface area contributed by atoms with E-state index in [2.05, 4.69) is 4.12 Å². The number of carbonyl (C=O) groups is 1. The van der Waals surface area contributed by atoms with Crippen LogP contribution in [-0.2, 0) is 8.91 Å². The minimum atomic E-state index is -0.250. The van der Waals surface area contributed by atoms with Crippen molar-refractivity contribution in [3.05, 3.63) is 0 Å². The Kier molecular flexibility index (Phi) is 32.4. The molecule has 6 heavy (non-hydrogen) atoms. The van der Waals surface area contributed by atoms with Gasteiger partial charge in [0.15, 0.2) is 0 Å². The van der Waals surface area contributed by atoms with Crippen LogP contribution in [0.1, 0.15) is 0 Å². The highest BCUT2D eigenvalue weighted by molar-refractivity contribution is 6.15. The molecule has 0 rings (SSSR count). The molecule has 0 amide bonds. The van der Waals surface area contributed by atoms with Gasteiger partial charge in [0.25, 0.3) is 6.47 Å². The van der Waals surface area contributed by atoms with E-state index in [1.165, 1.54) is 0 Å². The first-order chi connectivity index (χ1) is 2.83. The fourth-order valence-electron chi connectivity index (χ4n) is 0. The zero-order valence-corrected chi connectivity index (χ0v) is 7.84. The number of hydrogen-bond acceptors (Lipinski definition) is 2. The minimum Gasteiger partial charge on any atom is -0.483 e. The van der Waals surface area contributed by atoms with E-state index in [9.17, 15) is 0 Å². The second-order valence-electron chi connectivity index (χ2n) is 0.514. The van der Waals surface area contributed by atoms with Gasteiger partial charge in [0.05, 0.1) is 0 Å². The maximum absolute atomic E-state index is 8.36. The fraction of sp³-hybridized carbons (Fsp3) is 0. The second-order valence-corrected chi connectivity index (χ2v) is 3.78. The summed E-state index contributed by atoms with van der Waals surface area (Å²) in [5.74, 6) is 0. The molecule has 0 fully saturated rings. The van der Waals surface area contributed by atoms with Crippen molar-refractivity contribution in [2.45, 2.75) is 0 Å². The largest absolute Gasteiger partial charge is 0.483 e. The third kappa shape index (κ3) is 1710. The summed E-state index contributed by atoms with van der Waals surface area (Å²) in [5.41, 5.74) is 0. The van der Waals surface area contributed by atoms with Crippen LogP contribution in [0, 0.1) is 0 Å². The lowest BCUT2D eigenvalue weighted by atomic mass is 11.7. The van der Waals surface area contributed by atoms with Crippen LogP contribution in [-0.4, -0.2) is 32.6 Å². The third-order valence-corrected chi connectivity index (χ3v) is 0. The molecule has 0 bridgehead atoms. The standard InChI is InChI=1S/CH2O2.H6OSi2/c2*2-1-3/h1H,(H,2,3);2-3H3. The Morgan fingerprint density at radius 2 is 1.67 bits per heavy atom. The molecule has 0 saturated heterocycles. The van der Waals surface area contributed by atoms with Crippen LogP contribution in [0.5, 0.6) is 0 Å². The molecule has 0 aromatic rings. The van der Waals surface area contributed by atoms with E-state index in [0.717, 1.165) is 21.0 Å². The van der Waals surface area contributed by atoms with Crippen molar-refractivity contribution < 1.29 is 14.0 Å². The molecule has 5 heteroatoms. The van der Waals surface area contributed by atoms with Crippen LogP contribution < -0.4 is 0 Å². The number of rotatable bonds is 0. The highest BCUT2D eigenvalue weighted by atomic mass is 28.3. The summed E-state index contributed by atoms with van der Waals surface area (Å²) in [6.45, 7) is -0.250. The number of hydrogen-bond donors (Lipinski definition) is 1. The lowest BCUT2D eigenvalue weighted by Gasteiger charge is -1.62. The van der Waals surface area contributed by atoms with Gasteiger partial charge in [0.1, 0.15) is 21.0 Å². The van der Waals surface area contributed by atoms with Crippen molar-refractivity contribution in [1.29, 1.82) is 0 Å². The Bertz CT molecular complexity index is 22.8. The molecular weight excluding hydrogens is 116 g/mol. The minimum absolute atomic E-state index is 0.250. The molecule has 0 saturated carbocycles. The van der Waals surface area contributed by atoms with Gasteiger partial charge in [-0.1, -0.05) is 0 Å². The molecule has 0 aromatic heterocycles. The first-order valence-corrected chi connectivity index (χ1v) is 2.94. The van der Waals surface area contributed by atoms with Crippen molar-refractivity contribution in [3.63, 3.8) is 0 Å². The van der Waals surface area contributed by atoms with Gasteiger partial charge in [0.2, 0.25) is 0 Å². The van der Waals surface area contributed by atoms with Gasteiger partial charge in [-0.2, -0.15) is 0 Å². The van der Waals surface area contributed by atoms with Crippen LogP contribution in [0.25, 0.3) is 0 Å².